The topological polar surface area (TPSA) is 82.5 Å². The number of carbonyl (C=O) groups is 1. The fourth-order valence-corrected chi connectivity index (χ4v) is 7.62. The molecule has 4 aromatic rings. The van der Waals surface area contributed by atoms with E-state index in [9.17, 15) is 22.2 Å². The summed E-state index contributed by atoms with van der Waals surface area (Å²) in [6, 6.07) is 13.3. The monoisotopic (exact) mass is 720 g/mol. The quantitative estimate of drug-likeness (QED) is 0.196. The highest BCUT2D eigenvalue weighted by molar-refractivity contribution is 7.80. The maximum absolute atomic E-state index is 13.8. The first-order valence-electron chi connectivity index (χ1n) is 14.9. The number of hydrazine groups is 1. The maximum Gasteiger partial charge on any atom is 0.416 e. The Morgan fingerprint density at radius 3 is 2.36 bits per heavy atom. The molecule has 0 bridgehead atoms. The van der Waals surface area contributed by atoms with Crippen LogP contribution >= 0.6 is 34.5 Å². The number of hydrogen-bond donors (Lipinski definition) is 2. The Morgan fingerprint density at radius 1 is 0.957 bits per heavy atom. The lowest BCUT2D eigenvalue weighted by molar-refractivity contribution is -0.137. The third-order valence-electron chi connectivity index (χ3n) is 7.76. The van der Waals surface area contributed by atoms with Crippen LogP contribution in [0.2, 0.25) is 10.0 Å². The number of thiophene rings is 1. The van der Waals surface area contributed by atoms with Crippen molar-refractivity contribution in [2.24, 2.45) is 0 Å². The SMILES string of the molecule is O=C(NN1CCCCC1)c1nn(-c2ccc(Cl)cc2Cl)c(-c2ccc(C#Cc3ccc(C(F)(F)F)cc3)s2)c1CNS(=O)N1CCC1. The van der Waals surface area contributed by atoms with Crippen LogP contribution in [0.5, 0.6) is 0 Å². The third-order valence-corrected chi connectivity index (χ3v) is 10.5. The molecule has 246 valence electrons. The zero-order valence-corrected chi connectivity index (χ0v) is 28.0. The summed E-state index contributed by atoms with van der Waals surface area (Å²) in [7, 11) is 0. The number of rotatable bonds is 8. The Kier molecular flexibility index (Phi) is 10.4. The molecule has 2 fully saturated rings. The number of nitrogens with zero attached hydrogens (tertiary/aromatic N) is 4. The molecule has 2 aromatic heterocycles. The summed E-state index contributed by atoms with van der Waals surface area (Å²) in [5.41, 5.74) is 4.39. The number of amides is 1. The molecular formula is C32H29Cl2F3N6O2S2. The molecule has 1 amide bonds. The van der Waals surface area contributed by atoms with Gasteiger partial charge in [-0.3, -0.25) is 10.2 Å². The smallest absolute Gasteiger partial charge is 0.283 e. The first kappa shape index (κ1) is 33.7. The summed E-state index contributed by atoms with van der Waals surface area (Å²) in [4.78, 5) is 15.1. The standard InChI is InChI=1S/C32H29Cl2F3N6O2S2/c33-23-10-13-27(26(34)19-23)43-30(28-14-12-24(46-28)11-7-21-5-8-22(9-6-21)32(35,36)37)25(20-38-47(45)42-17-4-18-42)29(39-43)31(44)40-41-15-2-1-3-16-41/h5-6,8-10,12-14,19,38H,1-4,15-18,20H2,(H,40,44). The number of halogens is 5. The second-order valence-electron chi connectivity index (χ2n) is 11.0. The predicted molar refractivity (Wildman–Crippen MR) is 178 cm³/mol. The summed E-state index contributed by atoms with van der Waals surface area (Å²) in [5, 5.41) is 7.40. The van der Waals surface area contributed by atoms with Crippen LogP contribution < -0.4 is 10.1 Å². The Labute approximate surface area is 286 Å². The van der Waals surface area contributed by atoms with Crippen molar-refractivity contribution in [1.29, 1.82) is 0 Å². The summed E-state index contributed by atoms with van der Waals surface area (Å²) >= 11 is 12.7. The molecule has 2 aliphatic heterocycles. The van der Waals surface area contributed by atoms with Crippen molar-refractivity contribution < 1.29 is 22.2 Å². The van der Waals surface area contributed by atoms with Gasteiger partial charge in [0.1, 0.15) is 0 Å². The molecule has 0 spiro atoms. The van der Waals surface area contributed by atoms with Crippen molar-refractivity contribution in [2.45, 2.75) is 38.4 Å². The van der Waals surface area contributed by atoms with Gasteiger partial charge >= 0.3 is 6.18 Å². The minimum Gasteiger partial charge on any atom is -0.283 e. The molecule has 1 unspecified atom stereocenters. The zero-order valence-electron chi connectivity index (χ0n) is 24.9. The first-order chi connectivity index (χ1) is 22.6. The van der Waals surface area contributed by atoms with E-state index in [0.717, 1.165) is 50.9 Å². The molecule has 2 aliphatic rings. The molecular weight excluding hydrogens is 692 g/mol. The van der Waals surface area contributed by atoms with Gasteiger partial charge in [-0.1, -0.05) is 41.5 Å². The van der Waals surface area contributed by atoms with Crippen LogP contribution in [-0.4, -0.2) is 55.4 Å². The largest absolute Gasteiger partial charge is 0.416 e. The van der Waals surface area contributed by atoms with Gasteiger partial charge in [0.2, 0.25) is 0 Å². The van der Waals surface area contributed by atoms with Crippen LogP contribution in [0.25, 0.3) is 16.3 Å². The minimum atomic E-state index is -4.43. The van der Waals surface area contributed by atoms with Gasteiger partial charge in [0.25, 0.3) is 5.91 Å². The van der Waals surface area contributed by atoms with Gasteiger partial charge < -0.3 is 0 Å². The van der Waals surface area contributed by atoms with E-state index in [2.05, 4.69) is 22.0 Å². The van der Waals surface area contributed by atoms with E-state index in [0.29, 0.717) is 55.4 Å². The number of nitrogens with one attached hydrogen (secondary N) is 2. The summed E-state index contributed by atoms with van der Waals surface area (Å²) in [6.45, 7) is 2.93. The van der Waals surface area contributed by atoms with Crippen LogP contribution in [0.15, 0.2) is 54.6 Å². The van der Waals surface area contributed by atoms with Gasteiger partial charge in [-0.25, -0.2) is 22.9 Å². The summed E-state index contributed by atoms with van der Waals surface area (Å²) < 4.78 is 58.4. The predicted octanol–water partition coefficient (Wildman–Crippen LogP) is 6.83. The Balaban J connectivity index is 1.41. The minimum absolute atomic E-state index is 0.0663. The number of aromatic nitrogens is 2. The van der Waals surface area contributed by atoms with E-state index in [1.165, 1.54) is 23.5 Å². The molecule has 0 saturated carbocycles. The van der Waals surface area contributed by atoms with Crippen molar-refractivity contribution in [3.8, 4) is 28.1 Å². The van der Waals surface area contributed by atoms with Gasteiger partial charge in [0.15, 0.2) is 16.9 Å². The van der Waals surface area contributed by atoms with Crippen molar-refractivity contribution in [3.05, 3.63) is 91.9 Å². The van der Waals surface area contributed by atoms with E-state index in [1.807, 2.05) is 11.1 Å². The zero-order chi connectivity index (χ0) is 33.1. The van der Waals surface area contributed by atoms with E-state index < -0.39 is 28.8 Å². The normalized spacial score (nSPS) is 16.3. The first-order valence-corrected chi connectivity index (χ1v) is 17.6. The molecule has 0 radical (unpaired) electrons. The Morgan fingerprint density at radius 2 is 1.70 bits per heavy atom. The molecule has 4 heterocycles. The van der Waals surface area contributed by atoms with Crippen LogP contribution in [0, 0.1) is 11.8 Å². The highest BCUT2D eigenvalue weighted by Gasteiger charge is 2.31. The Hall–Kier alpha value is -3.22. The maximum atomic E-state index is 13.8. The highest BCUT2D eigenvalue weighted by Crippen LogP contribution is 2.37. The molecule has 2 N–H and O–H groups in total. The fraction of sp³-hybridized carbons (Fsp3) is 0.312. The molecule has 15 heteroatoms. The van der Waals surface area contributed by atoms with Crippen molar-refractivity contribution >= 4 is 51.6 Å². The molecule has 2 saturated heterocycles. The van der Waals surface area contributed by atoms with Gasteiger partial charge in [-0.15, -0.1) is 11.3 Å². The summed E-state index contributed by atoms with van der Waals surface area (Å²) in [5.74, 6) is 5.55. The van der Waals surface area contributed by atoms with Gasteiger partial charge in [0, 0.05) is 48.9 Å². The number of benzene rings is 2. The number of carbonyl (C=O) groups excluding carboxylic acids is 1. The average molecular weight is 722 g/mol. The molecule has 0 aliphatic carbocycles. The van der Waals surface area contributed by atoms with Crippen molar-refractivity contribution in [3.63, 3.8) is 0 Å². The lowest BCUT2D eigenvalue weighted by atomic mass is 10.1. The second kappa shape index (κ2) is 14.5. The van der Waals surface area contributed by atoms with Gasteiger partial charge in [-0.2, -0.15) is 18.3 Å². The fourth-order valence-electron chi connectivity index (χ4n) is 5.17. The van der Waals surface area contributed by atoms with Gasteiger partial charge in [-0.05, 0) is 73.9 Å². The van der Waals surface area contributed by atoms with Crippen LogP contribution in [0.1, 0.15) is 57.7 Å². The van der Waals surface area contributed by atoms with E-state index in [-0.39, 0.29) is 12.2 Å². The van der Waals surface area contributed by atoms with E-state index >= 15 is 0 Å². The van der Waals surface area contributed by atoms with E-state index in [1.54, 1.807) is 33.3 Å². The van der Waals surface area contributed by atoms with Crippen LogP contribution in [-0.2, 0) is 23.9 Å². The molecule has 8 nitrogen and oxygen atoms in total. The molecule has 6 rings (SSSR count). The lowest BCUT2D eigenvalue weighted by Gasteiger charge is -2.29. The number of hydrogen-bond acceptors (Lipinski definition) is 5. The third kappa shape index (κ3) is 7.92. The van der Waals surface area contributed by atoms with Gasteiger partial charge in [0.05, 0.1) is 31.7 Å². The lowest BCUT2D eigenvalue weighted by Crippen LogP contribution is -2.45. The van der Waals surface area contributed by atoms with E-state index in [4.69, 9.17) is 28.3 Å². The molecule has 2 aromatic carbocycles. The second-order valence-corrected chi connectivity index (χ2v) is 14.2. The molecule has 47 heavy (non-hydrogen) atoms. The van der Waals surface area contributed by atoms with Crippen LogP contribution in [0.3, 0.4) is 0 Å². The van der Waals surface area contributed by atoms with Crippen molar-refractivity contribution in [2.75, 3.05) is 26.2 Å². The van der Waals surface area contributed by atoms with Crippen LogP contribution in [0.4, 0.5) is 13.2 Å². The summed E-state index contributed by atoms with van der Waals surface area (Å²) in [6.07, 6.45) is -0.437. The average Bonchev–Trinajstić information content (AvgIpc) is 3.63. The number of piperidine rings is 1. The molecule has 1 atom stereocenters. The van der Waals surface area contributed by atoms with Crippen molar-refractivity contribution in [1.82, 2.24) is 29.2 Å². The number of alkyl halides is 3. The Bertz CT molecular complexity index is 1860. The highest BCUT2D eigenvalue weighted by atomic mass is 35.5.